The molecule has 0 radical (unpaired) electrons. The van der Waals surface area contributed by atoms with Crippen molar-refractivity contribution >= 4 is 0 Å². The van der Waals surface area contributed by atoms with E-state index < -0.39 is 0 Å². The van der Waals surface area contributed by atoms with Gasteiger partial charge in [0.1, 0.15) is 5.75 Å². The van der Waals surface area contributed by atoms with Gasteiger partial charge in [0.25, 0.3) is 0 Å². The van der Waals surface area contributed by atoms with Crippen LogP contribution in [0.3, 0.4) is 0 Å². The Bertz CT molecular complexity index is 279. The van der Waals surface area contributed by atoms with Gasteiger partial charge >= 0.3 is 0 Å². The molecule has 0 aliphatic carbocycles. The van der Waals surface area contributed by atoms with Crippen molar-refractivity contribution in [3.05, 3.63) is 29.8 Å². The van der Waals surface area contributed by atoms with Crippen molar-refractivity contribution in [3.8, 4) is 18.1 Å². The summed E-state index contributed by atoms with van der Waals surface area (Å²) in [6.07, 6.45) is 6.83. The summed E-state index contributed by atoms with van der Waals surface area (Å²) in [5.41, 5.74) is 1.32. The van der Waals surface area contributed by atoms with Crippen molar-refractivity contribution in [2.24, 2.45) is 0 Å². The Morgan fingerprint density at radius 1 is 1.31 bits per heavy atom. The summed E-state index contributed by atoms with van der Waals surface area (Å²) >= 11 is 0. The smallest absolute Gasteiger partial charge is 0.119 e. The van der Waals surface area contributed by atoms with Crippen LogP contribution < -0.4 is 4.74 Å². The zero-order valence-corrected chi connectivity index (χ0v) is 7.92. The van der Waals surface area contributed by atoms with Crippen LogP contribution in [0, 0.1) is 12.3 Å². The zero-order chi connectivity index (χ0) is 9.52. The first-order chi connectivity index (χ1) is 6.36. The zero-order valence-electron chi connectivity index (χ0n) is 7.92. The highest BCUT2D eigenvalue weighted by Gasteiger charge is 1.92. The molecule has 13 heavy (non-hydrogen) atoms. The monoisotopic (exact) mass is 174 g/mol. The maximum atomic E-state index is 5.40. The molecule has 0 aliphatic rings. The predicted octanol–water partition coefficient (Wildman–Crippen LogP) is 2.65. The maximum absolute atomic E-state index is 5.40. The van der Waals surface area contributed by atoms with Crippen molar-refractivity contribution in [1.29, 1.82) is 0 Å². The Labute approximate surface area is 79.7 Å². The third-order valence-corrected chi connectivity index (χ3v) is 1.85. The van der Waals surface area contributed by atoms with Crippen molar-refractivity contribution in [1.82, 2.24) is 0 Å². The van der Waals surface area contributed by atoms with Crippen LogP contribution >= 0.6 is 0 Å². The molecule has 0 unspecified atom stereocenters. The lowest BCUT2D eigenvalue weighted by molar-refractivity contribution is 0.327. The quantitative estimate of drug-likeness (QED) is 0.503. The molecule has 0 N–H and O–H groups in total. The van der Waals surface area contributed by atoms with Crippen LogP contribution in [0.5, 0.6) is 5.75 Å². The van der Waals surface area contributed by atoms with E-state index in [1.165, 1.54) is 5.56 Å². The largest absolute Gasteiger partial charge is 0.493 e. The van der Waals surface area contributed by atoms with Gasteiger partial charge in [0.15, 0.2) is 0 Å². The summed E-state index contributed by atoms with van der Waals surface area (Å²) in [6, 6.07) is 8.11. The summed E-state index contributed by atoms with van der Waals surface area (Å²) in [5, 5.41) is 0. The average Bonchev–Trinajstić information content (AvgIpc) is 2.19. The minimum Gasteiger partial charge on any atom is -0.493 e. The fourth-order valence-corrected chi connectivity index (χ4v) is 1.05. The van der Waals surface area contributed by atoms with E-state index in [4.69, 9.17) is 11.2 Å². The van der Waals surface area contributed by atoms with Crippen LogP contribution in [0.25, 0.3) is 0 Å². The Balaban J connectivity index is 2.45. The molecule has 1 heteroatoms. The minimum atomic E-state index is 0.599. The third kappa shape index (κ3) is 3.21. The molecule has 1 nitrogen and oxygen atoms in total. The molecule has 0 saturated carbocycles. The molecule has 68 valence electrons. The first kappa shape index (κ1) is 9.67. The van der Waals surface area contributed by atoms with Gasteiger partial charge in [-0.3, -0.25) is 0 Å². The molecule has 1 aromatic carbocycles. The molecular formula is C12H14O. The summed E-state index contributed by atoms with van der Waals surface area (Å²) in [7, 11) is 0. The highest BCUT2D eigenvalue weighted by atomic mass is 16.5. The third-order valence-electron chi connectivity index (χ3n) is 1.85. The first-order valence-corrected chi connectivity index (χ1v) is 4.52. The summed E-state index contributed by atoms with van der Waals surface area (Å²) in [5.74, 6) is 3.43. The number of benzene rings is 1. The highest BCUT2D eigenvalue weighted by molar-refractivity contribution is 5.27. The van der Waals surface area contributed by atoms with Gasteiger partial charge < -0.3 is 4.74 Å². The minimum absolute atomic E-state index is 0.599. The van der Waals surface area contributed by atoms with E-state index in [1.807, 2.05) is 12.1 Å². The number of ether oxygens (including phenoxy) is 1. The van der Waals surface area contributed by atoms with E-state index in [0.717, 1.165) is 12.2 Å². The number of terminal acetylenes is 1. The van der Waals surface area contributed by atoms with Gasteiger partial charge in [-0.05, 0) is 24.1 Å². The number of hydrogen-bond donors (Lipinski definition) is 0. The summed E-state index contributed by atoms with van der Waals surface area (Å²) < 4.78 is 5.40. The van der Waals surface area contributed by atoms with Gasteiger partial charge in [-0.2, -0.15) is 0 Å². The lowest BCUT2D eigenvalue weighted by Crippen LogP contribution is -1.95. The second-order valence-corrected chi connectivity index (χ2v) is 2.80. The van der Waals surface area contributed by atoms with Crippen LogP contribution in [-0.4, -0.2) is 6.61 Å². The number of hydrogen-bond acceptors (Lipinski definition) is 1. The molecule has 0 fully saturated rings. The van der Waals surface area contributed by atoms with Gasteiger partial charge in [0.05, 0.1) is 6.61 Å². The van der Waals surface area contributed by atoms with Crippen molar-refractivity contribution < 1.29 is 4.74 Å². The lowest BCUT2D eigenvalue weighted by Gasteiger charge is -2.04. The second kappa shape index (κ2) is 5.27. The van der Waals surface area contributed by atoms with Crippen LogP contribution in [0.2, 0.25) is 0 Å². The van der Waals surface area contributed by atoms with Gasteiger partial charge in [-0.15, -0.1) is 12.3 Å². The summed E-state index contributed by atoms with van der Waals surface area (Å²) in [6.45, 7) is 2.73. The number of rotatable bonds is 4. The Morgan fingerprint density at radius 2 is 2.00 bits per heavy atom. The molecule has 1 rings (SSSR count). The predicted molar refractivity (Wildman–Crippen MR) is 54.8 cm³/mol. The Kier molecular flexibility index (Phi) is 3.92. The molecule has 0 aliphatic heterocycles. The SMILES string of the molecule is C#CCCOc1ccc(CC)cc1. The van der Waals surface area contributed by atoms with Crippen molar-refractivity contribution in [2.75, 3.05) is 6.61 Å². The van der Waals surface area contributed by atoms with E-state index in [-0.39, 0.29) is 0 Å². The topological polar surface area (TPSA) is 9.23 Å². The van der Waals surface area contributed by atoms with Crippen molar-refractivity contribution in [3.63, 3.8) is 0 Å². The van der Waals surface area contributed by atoms with Gasteiger partial charge in [-0.25, -0.2) is 0 Å². The Morgan fingerprint density at radius 3 is 2.54 bits per heavy atom. The van der Waals surface area contributed by atoms with Crippen LogP contribution in [0.4, 0.5) is 0 Å². The fraction of sp³-hybridized carbons (Fsp3) is 0.333. The lowest BCUT2D eigenvalue weighted by atomic mass is 10.2. The van der Waals surface area contributed by atoms with Crippen LogP contribution in [-0.2, 0) is 6.42 Å². The fourth-order valence-electron chi connectivity index (χ4n) is 1.05. The second-order valence-electron chi connectivity index (χ2n) is 2.80. The van der Waals surface area contributed by atoms with E-state index in [1.54, 1.807) is 0 Å². The van der Waals surface area contributed by atoms with E-state index >= 15 is 0 Å². The van der Waals surface area contributed by atoms with Crippen LogP contribution in [0.15, 0.2) is 24.3 Å². The maximum Gasteiger partial charge on any atom is 0.119 e. The number of aryl methyl sites for hydroxylation is 1. The molecule has 1 aromatic rings. The molecule has 0 atom stereocenters. The molecule has 0 bridgehead atoms. The molecule has 0 aromatic heterocycles. The molecule has 0 saturated heterocycles. The first-order valence-electron chi connectivity index (χ1n) is 4.52. The Hall–Kier alpha value is -1.42. The molecule has 0 spiro atoms. The van der Waals surface area contributed by atoms with E-state index in [9.17, 15) is 0 Å². The average molecular weight is 174 g/mol. The van der Waals surface area contributed by atoms with Crippen LogP contribution in [0.1, 0.15) is 18.9 Å². The molecular weight excluding hydrogens is 160 g/mol. The van der Waals surface area contributed by atoms with E-state index in [2.05, 4.69) is 25.0 Å². The molecule has 0 amide bonds. The van der Waals surface area contributed by atoms with E-state index in [0.29, 0.717) is 13.0 Å². The van der Waals surface area contributed by atoms with Crippen molar-refractivity contribution in [2.45, 2.75) is 19.8 Å². The van der Waals surface area contributed by atoms with Gasteiger partial charge in [0, 0.05) is 6.42 Å². The standard InChI is InChI=1S/C12H14O/c1-3-5-10-13-12-8-6-11(4-2)7-9-12/h1,6-9H,4-5,10H2,2H3. The summed E-state index contributed by atoms with van der Waals surface area (Å²) in [4.78, 5) is 0. The highest BCUT2D eigenvalue weighted by Crippen LogP contribution is 2.12. The normalized spacial score (nSPS) is 9.23. The molecule has 0 heterocycles. The van der Waals surface area contributed by atoms with Gasteiger partial charge in [0.2, 0.25) is 0 Å². The van der Waals surface area contributed by atoms with Gasteiger partial charge in [-0.1, -0.05) is 19.1 Å².